The number of amides is 1. The molecule has 6 rings (SSSR count). The highest BCUT2D eigenvalue weighted by Crippen LogP contribution is 2.41. The van der Waals surface area contributed by atoms with Crippen molar-refractivity contribution in [3.63, 3.8) is 0 Å². The van der Waals surface area contributed by atoms with E-state index in [1.54, 1.807) is 4.68 Å². The van der Waals surface area contributed by atoms with Crippen LogP contribution in [0.15, 0.2) is 95.3 Å². The largest absolute Gasteiger partial charge is 0.492 e. The Bertz CT molecular complexity index is 2100. The van der Waals surface area contributed by atoms with Crippen LogP contribution in [-0.2, 0) is 17.2 Å². The molecule has 264 valence electrons. The summed E-state index contributed by atoms with van der Waals surface area (Å²) in [7, 11) is 0. The number of benzene rings is 4. The van der Waals surface area contributed by atoms with Gasteiger partial charge in [0, 0.05) is 16.5 Å². The number of rotatable bonds is 13. The molecule has 2 heterocycles. The summed E-state index contributed by atoms with van der Waals surface area (Å²) in [5, 5.41) is 12.6. The zero-order valence-electron chi connectivity index (χ0n) is 29.7. The van der Waals surface area contributed by atoms with Gasteiger partial charge in [0.25, 0.3) is 5.91 Å². The second-order valence-corrected chi connectivity index (χ2v) is 13.6. The third kappa shape index (κ3) is 8.02. The summed E-state index contributed by atoms with van der Waals surface area (Å²) in [6.07, 6.45) is 0. The van der Waals surface area contributed by atoms with Crippen molar-refractivity contribution in [3.8, 4) is 17.2 Å². The number of para-hydroxylation sites is 2. The Labute approximate surface area is 308 Å². The molecule has 1 atom stereocenters. The van der Waals surface area contributed by atoms with Gasteiger partial charge in [-0.25, -0.2) is 4.68 Å². The zero-order valence-corrected chi connectivity index (χ0v) is 31.2. The Kier molecular flexibility index (Phi) is 11.2. The molecule has 1 aromatic heterocycles. The van der Waals surface area contributed by atoms with E-state index in [1.165, 1.54) is 28.5 Å². The summed E-state index contributed by atoms with van der Waals surface area (Å²) >= 11 is 7.92. The molecule has 2 N–H and O–H groups in total. The van der Waals surface area contributed by atoms with Crippen LogP contribution in [-0.4, -0.2) is 33.9 Å². The molecule has 0 aliphatic carbocycles. The van der Waals surface area contributed by atoms with Gasteiger partial charge in [-0.2, -0.15) is 4.98 Å². The van der Waals surface area contributed by atoms with E-state index >= 15 is 0 Å². The van der Waals surface area contributed by atoms with Crippen LogP contribution in [0.4, 0.5) is 11.6 Å². The van der Waals surface area contributed by atoms with Crippen molar-refractivity contribution in [2.45, 2.75) is 65.1 Å². The number of nitrogens with zero attached hydrogens (tertiary/aromatic N) is 3. The van der Waals surface area contributed by atoms with Crippen molar-refractivity contribution in [2.24, 2.45) is 0 Å². The molecule has 1 aliphatic rings. The standard InChI is InChI=1S/C40H42ClN5O4S/c1-7-48-33-16-12-11-15-32(33)43-38(47)36-27(6)42-39-44-40(51-23-29-13-9-10-14-31(29)41)45-46(39)37(36)28-17-18-34(35(21-28)49-8-2)50-22-30-20-25(4)24(3)19-26(30)5/h9-21,37H,7-8,22-23H2,1-6H3,(H,43,47)(H,42,44,45). The summed E-state index contributed by atoms with van der Waals surface area (Å²) in [5.74, 6) is 2.58. The Morgan fingerprint density at radius 1 is 0.843 bits per heavy atom. The second kappa shape index (κ2) is 16.0. The smallest absolute Gasteiger partial charge is 0.255 e. The molecular weight excluding hydrogens is 682 g/mol. The lowest BCUT2D eigenvalue weighted by molar-refractivity contribution is -0.113. The lowest BCUT2D eigenvalue weighted by atomic mass is 9.94. The molecule has 4 aromatic carbocycles. The average molecular weight is 724 g/mol. The van der Waals surface area contributed by atoms with E-state index in [-0.39, 0.29) is 5.91 Å². The number of halogens is 1. The maximum atomic E-state index is 14.3. The van der Waals surface area contributed by atoms with Gasteiger partial charge in [-0.1, -0.05) is 71.9 Å². The van der Waals surface area contributed by atoms with E-state index in [4.69, 9.17) is 35.9 Å². The number of carbonyl (C=O) groups is 1. The van der Waals surface area contributed by atoms with Gasteiger partial charge in [0.1, 0.15) is 18.4 Å². The fraction of sp³-hybridized carbons (Fsp3) is 0.275. The van der Waals surface area contributed by atoms with Gasteiger partial charge in [0.05, 0.1) is 24.5 Å². The quantitative estimate of drug-likeness (QED) is 0.116. The van der Waals surface area contributed by atoms with Gasteiger partial charge in [0.15, 0.2) is 11.5 Å². The number of thioether (sulfide) groups is 1. The first-order valence-corrected chi connectivity index (χ1v) is 18.3. The van der Waals surface area contributed by atoms with Crippen molar-refractivity contribution in [1.29, 1.82) is 0 Å². The Morgan fingerprint density at radius 2 is 1.57 bits per heavy atom. The van der Waals surface area contributed by atoms with Crippen molar-refractivity contribution in [3.05, 3.63) is 129 Å². The van der Waals surface area contributed by atoms with Gasteiger partial charge in [-0.05, 0) is 105 Å². The number of ether oxygens (including phenoxy) is 3. The van der Waals surface area contributed by atoms with E-state index in [2.05, 4.69) is 43.5 Å². The van der Waals surface area contributed by atoms with Crippen molar-refractivity contribution < 1.29 is 19.0 Å². The van der Waals surface area contributed by atoms with Crippen molar-refractivity contribution in [2.75, 3.05) is 23.8 Å². The highest BCUT2D eigenvalue weighted by atomic mass is 35.5. The van der Waals surface area contributed by atoms with Crippen LogP contribution in [0.5, 0.6) is 17.2 Å². The van der Waals surface area contributed by atoms with E-state index in [0.717, 1.165) is 16.7 Å². The molecule has 0 saturated heterocycles. The molecule has 0 fully saturated rings. The summed E-state index contributed by atoms with van der Waals surface area (Å²) in [6.45, 7) is 13.3. The number of anilines is 2. The molecular formula is C40H42ClN5O4S. The minimum atomic E-state index is -0.641. The van der Waals surface area contributed by atoms with E-state index in [1.807, 2.05) is 87.5 Å². The molecule has 0 bridgehead atoms. The highest BCUT2D eigenvalue weighted by Gasteiger charge is 2.35. The minimum absolute atomic E-state index is 0.299. The molecule has 0 spiro atoms. The van der Waals surface area contributed by atoms with Crippen molar-refractivity contribution in [1.82, 2.24) is 14.8 Å². The van der Waals surface area contributed by atoms with E-state index in [9.17, 15) is 4.79 Å². The second-order valence-electron chi connectivity index (χ2n) is 12.3. The molecule has 11 heteroatoms. The molecule has 51 heavy (non-hydrogen) atoms. The third-order valence-electron chi connectivity index (χ3n) is 8.75. The van der Waals surface area contributed by atoms with Crippen LogP contribution in [0, 0.1) is 20.8 Å². The van der Waals surface area contributed by atoms with Gasteiger partial charge in [-0.15, -0.1) is 5.10 Å². The van der Waals surface area contributed by atoms with Crippen LogP contribution in [0.25, 0.3) is 0 Å². The molecule has 9 nitrogen and oxygen atoms in total. The number of hydrogen-bond acceptors (Lipinski definition) is 8. The number of aromatic nitrogens is 3. The first-order chi connectivity index (χ1) is 24.7. The summed E-state index contributed by atoms with van der Waals surface area (Å²) < 4.78 is 20.1. The van der Waals surface area contributed by atoms with Crippen LogP contribution in [0.3, 0.4) is 0 Å². The monoisotopic (exact) mass is 723 g/mol. The summed E-state index contributed by atoms with van der Waals surface area (Å²) in [4.78, 5) is 19.1. The third-order valence-corrected chi connectivity index (χ3v) is 10.0. The maximum Gasteiger partial charge on any atom is 0.255 e. The highest BCUT2D eigenvalue weighted by molar-refractivity contribution is 7.98. The number of hydrogen-bond donors (Lipinski definition) is 2. The molecule has 5 aromatic rings. The van der Waals surface area contributed by atoms with Gasteiger partial charge in [0.2, 0.25) is 11.1 Å². The van der Waals surface area contributed by atoms with E-state index in [0.29, 0.717) is 75.9 Å². The number of fused-ring (bicyclic) bond motifs is 1. The average Bonchev–Trinajstić information content (AvgIpc) is 3.52. The Hall–Kier alpha value is -4.93. The van der Waals surface area contributed by atoms with Gasteiger partial charge < -0.3 is 24.8 Å². The Morgan fingerprint density at radius 3 is 2.35 bits per heavy atom. The molecule has 1 unspecified atom stereocenters. The number of carbonyl (C=O) groups excluding carboxylic acids is 1. The summed E-state index contributed by atoms with van der Waals surface area (Å²) in [6, 6.07) is 24.6. The predicted molar refractivity (Wildman–Crippen MR) is 204 cm³/mol. The number of allylic oxidation sites excluding steroid dienone is 1. The van der Waals surface area contributed by atoms with Crippen LogP contribution in [0.1, 0.15) is 60.2 Å². The lowest BCUT2D eigenvalue weighted by Crippen LogP contribution is -2.31. The van der Waals surface area contributed by atoms with Crippen LogP contribution in [0.2, 0.25) is 5.02 Å². The van der Waals surface area contributed by atoms with E-state index < -0.39 is 6.04 Å². The first kappa shape index (κ1) is 35.9. The van der Waals surface area contributed by atoms with Gasteiger partial charge in [-0.3, -0.25) is 4.79 Å². The maximum absolute atomic E-state index is 14.3. The minimum Gasteiger partial charge on any atom is -0.492 e. The van der Waals surface area contributed by atoms with Crippen LogP contribution >= 0.6 is 23.4 Å². The number of aryl methyl sites for hydroxylation is 3. The first-order valence-electron chi connectivity index (χ1n) is 17.0. The van der Waals surface area contributed by atoms with Crippen molar-refractivity contribution >= 4 is 40.9 Å². The summed E-state index contributed by atoms with van der Waals surface area (Å²) in [5.41, 5.74) is 8.22. The molecule has 0 radical (unpaired) electrons. The predicted octanol–water partition coefficient (Wildman–Crippen LogP) is 9.45. The molecule has 1 aliphatic heterocycles. The van der Waals surface area contributed by atoms with Gasteiger partial charge >= 0.3 is 0 Å². The zero-order chi connectivity index (χ0) is 36.1. The fourth-order valence-corrected chi connectivity index (χ4v) is 7.12. The number of nitrogens with one attached hydrogen (secondary N) is 2. The SMILES string of the molecule is CCOc1ccccc1NC(=O)C1=C(C)Nc2nc(SCc3ccccc3Cl)nn2C1c1ccc(OCc2cc(C)c(C)cc2C)c(OCC)c1. The van der Waals surface area contributed by atoms with Crippen LogP contribution < -0.4 is 24.8 Å². The lowest BCUT2D eigenvalue weighted by Gasteiger charge is -2.29. The normalized spacial score (nSPS) is 13.7. The molecule has 1 amide bonds. The fourth-order valence-electron chi connectivity index (χ4n) is 6.01. The molecule has 0 saturated carbocycles. The topological polar surface area (TPSA) is 99.5 Å². The Balaban J connectivity index is 1.37.